The molecule has 0 aliphatic carbocycles. The fourth-order valence-corrected chi connectivity index (χ4v) is 1.89. The minimum atomic E-state index is 0.428. The molecule has 0 aromatic rings. The van der Waals surface area contributed by atoms with Gasteiger partial charge in [-0.05, 0) is 25.8 Å². The predicted molar refractivity (Wildman–Crippen MR) is 47.7 cm³/mol. The molecule has 0 saturated carbocycles. The molecule has 2 nitrogen and oxygen atoms in total. The molecule has 0 radical (unpaired) electrons. The summed E-state index contributed by atoms with van der Waals surface area (Å²) in [6.07, 6.45) is 1.26. The molecule has 1 saturated heterocycles. The fraction of sp³-hybridized carbons (Fsp3) is 1.00. The maximum Gasteiger partial charge on any atom is 0.00524 e. The first-order chi connectivity index (χ1) is 4.83. The van der Waals surface area contributed by atoms with Gasteiger partial charge in [0.2, 0.25) is 0 Å². The normalized spacial score (nSPS) is 33.0. The summed E-state index contributed by atoms with van der Waals surface area (Å²) in [5.74, 6) is 0.987. The van der Waals surface area contributed by atoms with Crippen LogP contribution in [0.1, 0.15) is 6.42 Å². The first kappa shape index (κ1) is 8.37. The Bertz CT molecular complexity index is 99.8. The zero-order valence-corrected chi connectivity index (χ0v) is 7.38. The van der Waals surface area contributed by atoms with Crippen LogP contribution in [0.3, 0.4) is 0 Å². The topological polar surface area (TPSA) is 24.1 Å². The predicted octanol–water partition coefficient (Wildman–Crippen LogP) is 0.115. The Morgan fingerprint density at radius 2 is 2.50 bits per heavy atom. The lowest BCUT2D eigenvalue weighted by Crippen LogP contribution is -2.36. The van der Waals surface area contributed by atoms with E-state index in [1.165, 1.54) is 6.42 Å². The van der Waals surface area contributed by atoms with Gasteiger partial charge in [0.05, 0.1) is 0 Å². The molecule has 1 fully saturated rings. The zero-order chi connectivity index (χ0) is 7.45. The molecule has 60 valence electrons. The fourth-order valence-electron chi connectivity index (χ4n) is 1.51. The van der Waals surface area contributed by atoms with Crippen molar-refractivity contribution < 1.29 is 0 Å². The van der Waals surface area contributed by atoms with Crippen molar-refractivity contribution in [3.05, 3.63) is 0 Å². The van der Waals surface area contributed by atoms with Crippen LogP contribution in [0.25, 0.3) is 0 Å². The Labute approximate surface area is 68.2 Å². The van der Waals surface area contributed by atoms with Crippen LogP contribution >= 0.6 is 12.6 Å². The molecule has 10 heavy (non-hydrogen) atoms. The van der Waals surface area contributed by atoms with Crippen molar-refractivity contribution in [2.75, 3.05) is 32.4 Å². The largest absolute Gasteiger partial charge is 0.319 e. The van der Waals surface area contributed by atoms with Gasteiger partial charge >= 0.3 is 0 Å². The summed E-state index contributed by atoms with van der Waals surface area (Å²) in [6, 6.07) is 0. The van der Waals surface area contributed by atoms with Crippen molar-refractivity contribution >= 4 is 12.6 Å². The molecule has 0 bridgehead atoms. The molecule has 0 aromatic carbocycles. The lowest BCUT2D eigenvalue weighted by Gasteiger charge is -2.25. The number of hydrogen-bond acceptors (Lipinski definition) is 3. The van der Waals surface area contributed by atoms with Crippen LogP contribution in [0.2, 0.25) is 0 Å². The van der Waals surface area contributed by atoms with Gasteiger partial charge in [-0.1, -0.05) is 0 Å². The van der Waals surface area contributed by atoms with Gasteiger partial charge in [0.25, 0.3) is 0 Å². The standard InChI is InChI=1S/C7H16N2S/c1-8-4-7(6-10)2-3-9-5-7/h8-10H,2-6H2,1H3. The first-order valence-electron chi connectivity index (χ1n) is 3.79. The van der Waals surface area contributed by atoms with Gasteiger partial charge in [0.1, 0.15) is 0 Å². The average molecular weight is 160 g/mol. The molecule has 1 unspecified atom stereocenters. The van der Waals surface area contributed by atoms with E-state index >= 15 is 0 Å². The molecule has 0 amide bonds. The SMILES string of the molecule is CNCC1(CS)CCNC1. The summed E-state index contributed by atoms with van der Waals surface area (Å²) in [5.41, 5.74) is 0.428. The number of hydrogen-bond donors (Lipinski definition) is 3. The summed E-state index contributed by atoms with van der Waals surface area (Å²) >= 11 is 4.36. The van der Waals surface area contributed by atoms with Gasteiger partial charge in [-0.25, -0.2) is 0 Å². The van der Waals surface area contributed by atoms with Crippen LogP contribution in [-0.2, 0) is 0 Å². The molecule has 1 aliphatic rings. The second-order valence-electron chi connectivity index (χ2n) is 3.12. The van der Waals surface area contributed by atoms with Crippen LogP contribution in [0.5, 0.6) is 0 Å². The summed E-state index contributed by atoms with van der Waals surface area (Å²) < 4.78 is 0. The third kappa shape index (κ3) is 1.65. The molecule has 1 atom stereocenters. The quantitative estimate of drug-likeness (QED) is 0.511. The van der Waals surface area contributed by atoms with E-state index < -0.39 is 0 Å². The summed E-state index contributed by atoms with van der Waals surface area (Å²) in [6.45, 7) is 3.36. The van der Waals surface area contributed by atoms with Crippen LogP contribution in [0.4, 0.5) is 0 Å². The highest BCUT2D eigenvalue weighted by Gasteiger charge is 2.31. The number of nitrogens with one attached hydrogen (secondary N) is 2. The highest BCUT2D eigenvalue weighted by Crippen LogP contribution is 2.25. The van der Waals surface area contributed by atoms with E-state index in [4.69, 9.17) is 0 Å². The maximum atomic E-state index is 4.36. The van der Waals surface area contributed by atoms with Gasteiger partial charge in [-0.15, -0.1) is 0 Å². The zero-order valence-electron chi connectivity index (χ0n) is 6.48. The lowest BCUT2D eigenvalue weighted by molar-refractivity contribution is 0.361. The smallest absolute Gasteiger partial charge is 0.00524 e. The molecule has 3 heteroatoms. The van der Waals surface area contributed by atoms with Crippen LogP contribution in [0.15, 0.2) is 0 Å². The summed E-state index contributed by atoms with van der Waals surface area (Å²) in [7, 11) is 2.00. The minimum absolute atomic E-state index is 0.428. The van der Waals surface area contributed by atoms with Gasteiger partial charge in [0, 0.05) is 18.5 Å². The molecule has 2 N–H and O–H groups in total. The van der Waals surface area contributed by atoms with Crippen molar-refractivity contribution in [3.8, 4) is 0 Å². The Morgan fingerprint density at radius 1 is 1.70 bits per heavy atom. The van der Waals surface area contributed by atoms with Gasteiger partial charge in [-0.2, -0.15) is 12.6 Å². The summed E-state index contributed by atoms with van der Waals surface area (Å²) in [5, 5.41) is 6.57. The summed E-state index contributed by atoms with van der Waals surface area (Å²) in [4.78, 5) is 0. The van der Waals surface area contributed by atoms with Gasteiger partial charge in [-0.3, -0.25) is 0 Å². The first-order valence-corrected chi connectivity index (χ1v) is 4.42. The molecule has 0 spiro atoms. The van der Waals surface area contributed by atoms with Crippen LogP contribution < -0.4 is 10.6 Å². The Kier molecular flexibility index (Phi) is 3.01. The Balaban J connectivity index is 2.41. The molecule has 1 aliphatic heterocycles. The molecule has 1 rings (SSSR count). The molecular formula is C7H16N2S. The molecule has 1 heterocycles. The minimum Gasteiger partial charge on any atom is -0.319 e. The third-order valence-electron chi connectivity index (χ3n) is 2.22. The third-order valence-corrected chi connectivity index (χ3v) is 2.89. The Morgan fingerprint density at radius 3 is 2.90 bits per heavy atom. The van der Waals surface area contributed by atoms with Crippen molar-refractivity contribution in [2.24, 2.45) is 5.41 Å². The average Bonchev–Trinajstić information content (AvgIpc) is 2.39. The maximum absolute atomic E-state index is 4.36. The second kappa shape index (κ2) is 3.60. The van der Waals surface area contributed by atoms with E-state index in [0.29, 0.717) is 5.41 Å². The highest BCUT2D eigenvalue weighted by molar-refractivity contribution is 7.80. The van der Waals surface area contributed by atoms with E-state index in [1.54, 1.807) is 0 Å². The van der Waals surface area contributed by atoms with Crippen LogP contribution in [0, 0.1) is 5.41 Å². The van der Waals surface area contributed by atoms with E-state index in [1.807, 2.05) is 7.05 Å². The Hall–Kier alpha value is 0.270. The van der Waals surface area contributed by atoms with Crippen molar-refractivity contribution in [2.45, 2.75) is 6.42 Å². The van der Waals surface area contributed by atoms with Gasteiger partial charge in [0.15, 0.2) is 0 Å². The number of thiol groups is 1. The van der Waals surface area contributed by atoms with Crippen molar-refractivity contribution in [1.29, 1.82) is 0 Å². The monoisotopic (exact) mass is 160 g/mol. The van der Waals surface area contributed by atoms with Gasteiger partial charge < -0.3 is 10.6 Å². The van der Waals surface area contributed by atoms with E-state index in [-0.39, 0.29) is 0 Å². The van der Waals surface area contributed by atoms with Crippen LogP contribution in [-0.4, -0.2) is 32.4 Å². The highest BCUT2D eigenvalue weighted by atomic mass is 32.1. The second-order valence-corrected chi connectivity index (χ2v) is 3.43. The van der Waals surface area contributed by atoms with Crippen molar-refractivity contribution in [1.82, 2.24) is 10.6 Å². The number of rotatable bonds is 3. The van der Waals surface area contributed by atoms with E-state index in [9.17, 15) is 0 Å². The van der Waals surface area contributed by atoms with E-state index in [0.717, 1.165) is 25.4 Å². The van der Waals surface area contributed by atoms with E-state index in [2.05, 4.69) is 23.3 Å². The lowest BCUT2D eigenvalue weighted by atomic mass is 9.90. The van der Waals surface area contributed by atoms with Crippen molar-refractivity contribution in [3.63, 3.8) is 0 Å². The molecule has 0 aromatic heterocycles. The molecular weight excluding hydrogens is 144 g/mol.